The van der Waals surface area contributed by atoms with Gasteiger partial charge in [-0.2, -0.15) is 0 Å². The molecule has 1 aliphatic heterocycles. The summed E-state index contributed by atoms with van der Waals surface area (Å²) in [5.41, 5.74) is 1.94. The maximum atomic E-state index is 13.5. The Hall–Kier alpha value is -1.13. The van der Waals surface area contributed by atoms with Gasteiger partial charge in [-0.25, -0.2) is 4.39 Å². The number of halogens is 1. The summed E-state index contributed by atoms with van der Waals surface area (Å²) in [6, 6.07) is 3.45. The first-order valence-corrected chi connectivity index (χ1v) is 6.82. The van der Waals surface area contributed by atoms with Crippen molar-refractivity contribution in [3.8, 4) is 5.75 Å². The van der Waals surface area contributed by atoms with Crippen molar-refractivity contribution in [1.82, 2.24) is 5.32 Å². The molecule has 0 radical (unpaired) electrons. The van der Waals surface area contributed by atoms with E-state index >= 15 is 0 Å². The maximum Gasteiger partial charge on any atom is 0.127 e. The molecule has 0 aromatic heterocycles. The lowest BCUT2D eigenvalue weighted by molar-refractivity contribution is 0.183. The van der Waals surface area contributed by atoms with E-state index in [2.05, 4.69) is 5.32 Å². The highest BCUT2D eigenvalue weighted by molar-refractivity contribution is 5.41. The molecule has 1 fully saturated rings. The van der Waals surface area contributed by atoms with E-state index < -0.39 is 0 Å². The van der Waals surface area contributed by atoms with Crippen molar-refractivity contribution >= 4 is 0 Å². The van der Waals surface area contributed by atoms with Crippen LogP contribution in [0.15, 0.2) is 12.1 Å². The van der Waals surface area contributed by atoms with Crippen LogP contribution >= 0.6 is 0 Å². The second kappa shape index (κ2) is 6.87. The summed E-state index contributed by atoms with van der Waals surface area (Å²) < 4.78 is 24.0. The van der Waals surface area contributed by atoms with Crippen LogP contribution in [0.5, 0.6) is 5.75 Å². The van der Waals surface area contributed by atoms with Gasteiger partial charge >= 0.3 is 0 Å². The van der Waals surface area contributed by atoms with Crippen LogP contribution in [0.25, 0.3) is 0 Å². The van der Waals surface area contributed by atoms with E-state index in [1.54, 1.807) is 20.3 Å². The number of hydrogen-bond donors (Lipinski definition) is 1. The minimum Gasteiger partial charge on any atom is -0.496 e. The highest BCUT2D eigenvalue weighted by atomic mass is 19.1. The Labute approximate surface area is 114 Å². The highest BCUT2D eigenvalue weighted by Gasteiger charge is 2.19. The fraction of sp³-hybridized carbons (Fsp3) is 0.600. The van der Waals surface area contributed by atoms with Crippen molar-refractivity contribution < 1.29 is 13.9 Å². The third kappa shape index (κ3) is 3.67. The van der Waals surface area contributed by atoms with Crippen LogP contribution in [0.4, 0.5) is 4.39 Å². The summed E-state index contributed by atoms with van der Waals surface area (Å²) in [5, 5.41) is 3.51. The predicted octanol–water partition coefficient (Wildman–Crippen LogP) is 2.67. The zero-order valence-corrected chi connectivity index (χ0v) is 11.7. The first-order chi connectivity index (χ1) is 9.24. The third-order valence-electron chi connectivity index (χ3n) is 3.65. The Balaban J connectivity index is 2.24. The molecule has 1 aliphatic rings. The Kier molecular flexibility index (Phi) is 5.16. The van der Waals surface area contributed by atoms with Crippen molar-refractivity contribution in [2.45, 2.75) is 38.3 Å². The molecule has 1 heterocycles. The molecule has 1 atom stereocenters. The fourth-order valence-electron chi connectivity index (χ4n) is 2.71. The molecule has 1 aromatic rings. The van der Waals surface area contributed by atoms with Crippen molar-refractivity contribution in [3.63, 3.8) is 0 Å². The lowest BCUT2D eigenvalue weighted by Crippen LogP contribution is -2.36. The molecule has 0 aliphatic carbocycles. The van der Waals surface area contributed by atoms with Crippen molar-refractivity contribution in [1.29, 1.82) is 0 Å². The molecular weight excluding hydrogens is 245 g/mol. The van der Waals surface area contributed by atoms with E-state index in [1.165, 1.54) is 18.9 Å². The van der Waals surface area contributed by atoms with E-state index in [4.69, 9.17) is 9.47 Å². The average Bonchev–Trinajstić information content (AvgIpc) is 2.43. The van der Waals surface area contributed by atoms with Gasteiger partial charge in [0.15, 0.2) is 0 Å². The highest BCUT2D eigenvalue weighted by Crippen LogP contribution is 2.27. The maximum absolute atomic E-state index is 13.5. The van der Waals surface area contributed by atoms with Gasteiger partial charge in [0, 0.05) is 24.8 Å². The summed E-state index contributed by atoms with van der Waals surface area (Å²) in [7, 11) is 3.21. The lowest BCUT2D eigenvalue weighted by atomic mass is 9.94. The molecule has 19 heavy (non-hydrogen) atoms. The topological polar surface area (TPSA) is 30.5 Å². The minimum absolute atomic E-state index is 0.274. The molecule has 0 saturated carbocycles. The summed E-state index contributed by atoms with van der Waals surface area (Å²) >= 11 is 0. The van der Waals surface area contributed by atoms with Crippen molar-refractivity contribution in [3.05, 3.63) is 29.1 Å². The molecule has 0 spiro atoms. The van der Waals surface area contributed by atoms with E-state index in [0.29, 0.717) is 18.4 Å². The second-order valence-electron chi connectivity index (χ2n) is 5.03. The summed E-state index contributed by atoms with van der Waals surface area (Å²) in [6.07, 6.45) is 4.51. The van der Waals surface area contributed by atoms with E-state index in [1.807, 2.05) is 0 Å². The number of ether oxygens (including phenoxy) is 2. The van der Waals surface area contributed by atoms with Gasteiger partial charge in [0.25, 0.3) is 0 Å². The third-order valence-corrected chi connectivity index (χ3v) is 3.65. The molecule has 1 N–H and O–H groups in total. The van der Waals surface area contributed by atoms with Gasteiger partial charge in [0.05, 0.1) is 13.7 Å². The molecule has 1 unspecified atom stereocenters. The van der Waals surface area contributed by atoms with E-state index in [0.717, 1.165) is 30.5 Å². The van der Waals surface area contributed by atoms with Gasteiger partial charge in [0.2, 0.25) is 0 Å². The second-order valence-corrected chi connectivity index (χ2v) is 5.03. The smallest absolute Gasteiger partial charge is 0.127 e. The molecular formula is C15H22FNO2. The van der Waals surface area contributed by atoms with Crippen LogP contribution in [-0.2, 0) is 17.8 Å². The van der Waals surface area contributed by atoms with Crippen LogP contribution in [0.1, 0.15) is 30.4 Å². The molecule has 0 bridgehead atoms. The molecule has 106 valence electrons. The zero-order valence-electron chi connectivity index (χ0n) is 11.7. The number of nitrogens with one attached hydrogen (secondary N) is 1. The van der Waals surface area contributed by atoms with Crippen LogP contribution in [0, 0.1) is 5.82 Å². The summed E-state index contributed by atoms with van der Waals surface area (Å²) in [6.45, 7) is 1.48. The molecule has 0 amide bonds. The van der Waals surface area contributed by atoms with Gasteiger partial charge in [-0.1, -0.05) is 6.42 Å². The summed E-state index contributed by atoms with van der Waals surface area (Å²) in [4.78, 5) is 0. The first kappa shape index (κ1) is 14.3. The normalized spacial score (nSPS) is 19.4. The fourth-order valence-corrected chi connectivity index (χ4v) is 2.71. The Bertz CT molecular complexity index is 417. The molecule has 2 rings (SSSR count). The van der Waals surface area contributed by atoms with Gasteiger partial charge in [-0.3, -0.25) is 0 Å². The van der Waals surface area contributed by atoms with Gasteiger partial charge < -0.3 is 14.8 Å². The Morgan fingerprint density at radius 1 is 1.32 bits per heavy atom. The van der Waals surface area contributed by atoms with Crippen molar-refractivity contribution in [2.75, 3.05) is 20.8 Å². The SMILES string of the molecule is COCc1cc(F)cc(OC)c1CC1CCCCN1. The number of rotatable bonds is 5. The quantitative estimate of drug-likeness (QED) is 0.889. The number of benzene rings is 1. The lowest BCUT2D eigenvalue weighted by Gasteiger charge is -2.25. The minimum atomic E-state index is -0.274. The zero-order chi connectivity index (χ0) is 13.7. The summed E-state index contributed by atoms with van der Waals surface area (Å²) in [5.74, 6) is 0.351. The number of methoxy groups -OCH3 is 2. The number of piperidine rings is 1. The molecule has 4 heteroatoms. The van der Waals surface area contributed by atoms with Crippen molar-refractivity contribution in [2.24, 2.45) is 0 Å². The van der Waals surface area contributed by atoms with Crippen LogP contribution in [-0.4, -0.2) is 26.8 Å². The van der Waals surface area contributed by atoms with E-state index in [9.17, 15) is 4.39 Å². The first-order valence-electron chi connectivity index (χ1n) is 6.82. The Morgan fingerprint density at radius 2 is 2.16 bits per heavy atom. The monoisotopic (exact) mass is 267 g/mol. The molecule has 3 nitrogen and oxygen atoms in total. The average molecular weight is 267 g/mol. The van der Waals surface area contributed by atoms with Gasteiger partial charge in [-0.15, -0.1) is 0 Å². The molecule has 1 aromatic carbocycles. The predicted molar refractivity (Wildman–Crippen MR) is 73.0 cm³/mol. The van der Waals surface area contributed by atoms with Crippen LogP contribution in [0.2, 0.25) is 0 Å². The standard InChI is InChI=1S/C15H22FNO2/c1-18-10-11-7-12(16)8-15(19-2)14(11)9-13-5-3-4-6-17-13/h7-8,13,17H,3-6,9-10H2,1-2H3. The van der Waals surface area contributed by atoms with Crippen LogP contribution in [0.3, 0.4) is 0 Å². The van der Waals surface area contributed by atoms with Gasteiger partial charge in [0.1, 0.15) is 11.6 Å². The number of hydrogen-bond acceptors (Lipinski definition) is 3. The Morgan fingerprint density at radius 3 is 2.79 bits per heavy atom. The van der Waals surface area contributed by atoms with E-state index in [-0.39, 0.29) is 5.82 Å². The largest absolute Gasteiger partial charge is 0.496 e. The van der Waals surface area contributed by atoms with Gasteiger partial charge in [-0.05, 0) is 37.4 Å². The van der Waals surface area contributed by atoms with Crippen LogP contribution < -0.4 is 10.1 Å². The molecule has 1 saturated heterocycles.